The van der Waals surface area contributed by atoms with E-state index in [1.54, 1.807) is 0 Å². The van der Waals surface area contributed by atoms with Crippen molar-refractivity contribution in [3.05, 3.63) is 24.1 Å². The fourth-order valence-corrected chi connectivity index (χ4v) is 2.84. The number of halogens is 1. The largest absolute Gasteiger partial charge is 0.481 e. The van der Waals surface area contributed by atoms with E-state index in [0.29, 0.717) is 12.8 Å². The molecule has 1 amide bonds. The lowest BCUT2D eigenvalue weighted by Gasteiger charge is -2.27. The molecule has 1 aliphatic rings. The highest BCUT2D eigenvalue weighted by Crippen LogP contribution is 2.38. The van der Waals surface area contributed by atoms with Crippen molar-refractivity contribution in [3.63, 3.8) is 0 Å². The van der Waals surface area contributed by atoms with Gasteiger partial charge in [0.05, 0.1) is 5.41 Å². The first kappa shape index (κ1) is 15.4. The van der Waals surface area contributed by atoms with Gasteiger partial charge in [-0.15, -0.1) is 0 Å². The molecule has 0 atom stereocenters. The molecule has 114 valence electrons. The third-order valence-corrected chi connectivity index (χ3v) is 4.00. The lowest BCUT2D eigenvalue weighted by molar-refractivity contribution is -0.152. The van der Waals surface area contributed by atoms with Crippen LogP contribution in [0.15, 0.2) is 18.2 Å². The van der Waals surface area contributed by atoms with E-state index in [1.807, 2.05) is 0 Å². The lowest BCUT2D eigenvalue weighted by atomic mass is 9.77. The van der Waals surface area contributed by atoms with E-state index in [-0.39, 0.29) is 12.2 Å². The zero-order valence-electron chi connectivity index (χ0n) is 11.8. The van der Waals surface area contributed by atoms with Crippen molar-refractivity contribution in [3.8, 4) is 0 Å². The Hall–Kier alpha value is -1.98. The second-order valence-electron chi connectivity index (χ2n) is 5.57. The summed E-state index contributed by atoms with van der Waals surface area (Å²) in [5.74, 6) is -1.94. The molecule has 6 heteroatoms. The predicted molar refractivity (Wildman–Crippen MR) is 75.2 cm³/mol. The van der Waals surface area contributed by atoms with E-state index in [2.05, 4.69) is 10.3 Å². The van der Waals surface area contributed by atoms with Gasteiger partial charge in [0.15, 0.2) is 0 Å². The van der Waals surface area contributed by atoms with E-state index in [0.717, 1.165) is 25.7 Å². The molecule has 2 N–H and O–H groups in total. The van der Waals surface area contributed by atoms with Crippen molar-refractivity contribution in [1.29, 1.82) is 0 Å². The van der Waals surface area contributed by atoms with Gasteiger partial charge in [0.1, 0.15) is 5.82 Å². The van der Waals surface area contributed by atoms with Gasteiger partial charge in [0.25, 0.3) is 0 Å². The summed E-state index contributed by atoms with van der Waals surface area (Å²) in [4.78, 5) is 27.2. The van der Waals surface area contributed by atoms with Gasteiger partial charge in [-0.2, -0.15) is 4.39 Å². The van der Waals surface area contributed by atoms with Gasteiger partial charge in [-0.05, 0) is 25.0 Å². The molecule has 0 spiro atoms. The number of hydrogen-bond acceptors (Lipinski definition) is 3. The van der Waals surface area contributed by atoms with Crippen molar-refractivity contribution in [1.82, 2.24) is 4.98 Å². The molecule has 21 heavy (non-hydrogen) atoms. The summed E-state index contributed by atoms with van der Waals surface area (Å²) >= 11 is 0. The zero-order chi connectivity index (χ0) is 15.3. The molecule has 1 heterocycles. The van der Waals surface area contributed by atoms with E-state index in [9.17, 15) is 19.1 Å². The number of carboxylic acids is 1. The minimum Gasteiger partial charge on any atom is -0.481 e. The quantitative estimate of drug-likeness (QED) is 0.661. The second kappa shape index (κ2) is 6.65. The number of pyridine rings is 1. The standard InChI is InChI=1S/C15H19FN2O3/c16-11-6-5-7-12(17-11)18-13(19)10-15(14(20)21)8-3-1-2-4-9-15/h5-7H,1-4,8-10H2,(H,20,21)(H,17,18,19). The van der Waals surface area contributed by atoms with Crippen LogP contribution >= 0.6 is 0 Å². The fraction of sp³-hybridized carbons (Fsp3) is 0.533. The average molecular weight is 294 g/mol. The molecule has 1 aromatic heterocycles. The van der Waals surface area contributed by atoms with Crippen molar-refractivity contribution < 1.29 is 19.1 Å². The number of carbonyl (C=O) groups excluding carboxylic acids is 1. The summed E-state index contributed by atoms with van der Waals surface area (Å²) in [6.45, 7) is 0. The van der Waals surface area contributed by atoms with Crippen molar-refractivity contribution >= 4 is 17.7 Å². The Bertz CT molecular complexity index is 525. The first-order chi connectivity index (χ1) is 10.0. The highest BCUT2D eigenvalue weighted by Gasteiger charge is 2.40. The minimum atomic E-state index is -1.01. The number of rotatable bonds is 4. The first-order valence-electron chi connectivity index (χ1n) is 7.18. The maximum atomic E-state index is 13.0. The molecular formula is C15H19FN2O3. The monoisotopic (exact) mass is 294 g/mol. The summed E-state index contributed by atoms with van der Waals surface area (Å²) in [7, 11) is 0. The third kappa shape index (κ3) is 4.00. The number of amides is 1. The summed E-state index contributed by atoms with van der Waals surface area (Å²) in [5, 5.41) is 12.0. The van der Waals surface area contributed by atoms with Crippen LogP contribution in [0.5, 0.6) is 0 Å². The molecular weight excluding hydrogens is 275 g/mol. The molecule has 1 saturated carbocycles. The minimum absolute atomic E-state index is 0.0967. The number of nitrogens with one attached hydrogen (secondary N) is 1. The number of aromatic nitrogens is 1. The Morgan fingerprint density at radius 3 is 2.48 bits per heavy atom. The summed E-state index contributed by atoms with van der Waals surface area (Å²) < 4.78 is 13.0. The van der Waals surface area contributed by atoms with Crippen LogP contribution in [0.3, 0.4) is 0 Å². The Balaban J connectivity index is 2.06. The number of nitrogens with zero attached hydrogens (tertiary/aromatic N) is 1. The number of carboxylic acid groups (broad SMARTS) is 1. The highest BCUT2D eigenvalue weighted by atomic mass is 19.1. The number of aliphatic carboxylic acids is 1. The summed E-state index contributed by atoms with van der Waals surface area (Å²) in [6, 6.07) is 4.10. The molecule has 0 bridgehead atoms. The SMILES string of the molecule is O=C(CC1(C(=O)O)CCCCCC1)Nc1cccc(F)n1. The Kier molecular flexibility index (Phi) is 4.88. The van der Waals surface area contributed by atoms with Gasteiger partial charge >= 0.3 is 5.97 Å². The van der Waals surface area contributed by atoms with Gasteiger partial charge < -0.3 is 10.4 Å². The second-order valence-corrected chi connectivity index (χ2v) is 5.57. The Labute approximate surface area is 122 Å². The van der Waals surface area contributed by atoms with E-state index in [1.165, 1.54) is 18.2 Å². The van der Waals surface area contributed by atoms with E-state index < -0.39 is 23.2 Å². The van der Waals surface area contributed by atoms with Gasteiger partial charge in [0, 0.05) is 6.42 Å². The molecule has 0 aliphatic heterocycles. The van der Waals surface area contributed by atoms with E-state index >= 15 is 0 Å². The molecule has 0 aromatic carbocycles. The molecule has 1 fully saturated rings. The zero-order valence-corrected chi connectivity index (χ0v) is 11.8. The summed E-state index contributed by atoms with van der Waals surface area (Å²) in [5.41, 5.74) is -1.01. The predicted octanol–water partition coefficient (Wildman–Crippen LogP) is 2.97. The van der Waals surface area contributed by atoms with Gasteiger partial charge in [-0.25, -0.2) is 4.98 Å². The topological polar surface area (TPSA) is 79.3 Å². The Morgan fingerprint density at radius 2 is 1.90 bits per heavy atom. The van der Waals surface area contributed by atoms with Crippen LogP contribution in [0, 0.1) is 11.4 Å². The Morgan fingerprint density at radius 1 is 1.24 bits per heavy atom. The van der Waals surface area contributed by atoms with E-state index in [4.69, 9.17) is 0 Å². The maximum Gasteiger partial charge on any atom is 0.310 e. The molecule has 5 nitrogen and oxygen atoms in total. The maximum absolute atomic E-state index is 13.0. The van der Waals surface area contributed by atoms with Crippen LogP contribution < -0.4 is 5.32 Å². The van der Waals surface area contributed by atoms with Crippen LogP contribution in [0.25, 0.3) is 0 Å². The average Bonchev–Trinajstić information content (AvgIpc) is 2.65. The molecule has 1 aliphatic carbocycles. The fourth-order valence-electron chi connectivity index (χ4n) is 2.84. The van der Waals surface area contributed by atoms with Crippen LogP contribution in [-0.2, 0) is 9.59 Å². The summed E-state index contributed by atoms with van der Waals surface area (Å²) in [6.07, 6.45) is 4.55. The first-order valence-corrected chi connectivity index (χ1v) is 7.18. The lowest BCUT2D eigenvalue weighted by Crippen LogP contribution is -2.35. The van der Waals surface area contributed by atoms with Crippen molar-refractivity contribution in [2.75, 3.05) is 5.32 Å². The normalized spacial score (nSPS) is 17.8. The smallest absolute Gasteiger partial charge is 0.310 e. The molecule has 1 aromatic rings. The van der Waals surface area contributed by atoms with Crippen molar-refractivity contribution in [2.24, 2.45) is 5.41 Å². The number of carbonyl (C=O) groups is 2. The van der Waals surface area contributed by atoms with Crippen LogP contribution in [0.1, 0.15) is 44.9 Å². The highest BCUT2D eigenvalue weighted by molar-refractivity contribution is 5.93. The van der Waals surface area contributed by atoms with Gasteiger partial charge in [0.2, 0.25) is 11.9 Å². The molecule has 0 unspecified atom stereocenters. The molecule has 0 saturated heterocycles. The number of hydrogen-bond donors (Lipinski definition) is 2. The molecule has 2 rings (SSSR count). The van der Waals surface area contributed by atoms with Crippen LogP contribution in [0.2, 0.25) is 0 Å². The van der Waals surface area contributed by atoms with Gasteiger partial charge in [-0.3, -0.25) is 9.59 Å². The van der Waals surface area contributed by atoms with Gasteiger partial charge in [-0.1, -0.05) is 31.7 Å². The van der Waals surface area contributed by atoms with Crippen LogP contribution in [0.4, 0.5) is 10.2 Å². The third-order valence-electron chi connectivity index (χ3n) is 4.00. The number of anilines is 1. The molecule has 0 radical (unpaired) electrons. The van der Waals surface area contributed by atoms with Crippen LogP contribution in [-0.4, -0.2) is 22.0 Å². The van der Waals surface area contributed by atoms with Crippen molar-refractivity contribution in [2.45, 2.75) is 44.9 Å².